The van der Waals surface area contributed by atoms with Gasteiger partial charge in [0.2, 0.25) is 0 Å². The number of aliphatic hydroxyl groups is 1. The summed E-state index contributed by atoms with van der Waals surface area (Å²) in [6.07, 6.45) is 1.04. The van der Waals surface area contributed by atoms with E-state index in [0.29, 0.717) is 10.6 Å². The van der Waals surface area contributed by atoms with Crippen molar-refractivity contribution in [3.8, 4) is 0 Å². The zero-order valence-electron chi connectivity index (χ0n) is 8.18. The fourth-order valence-corrected chi connectivity index (χ4v) is 1.55. The Bertz CT molecular complexity index is 479. The molecule has 0 radical (unpaired) electrons. The molecule has 0 atom stereocenters. The monoisotopic (exact) mass is 237 g/mol. The van der Waals surface area contributed by atoms with Crippen molar-refractivity contribution >= 4 is 23.4 Å². The van der Waals surface area contributed by atoms with Crippen LogP contribution in [0.15, 0.2) is 36.1 Å². The first kappa shape index (κ1) is 10.7. The van der Waals surface area contributed by atoms with Gasteiger partial charge >= 0.3 is 0 Å². The Morgan fingerprint density at radius 2 is 1.94 bits per heavy atom. The van der Waals surface area contributed by atoms with Gasteiger partial charge in [0.25, 0.3) is 11.8 Å². The molecule has 0 aromatic heterocycles. The second-order valence-electron chi connectivity index (χ2n) is 3.37. The number of hydrogen-bond acceptors (Lipinski definition) is 3. The Morgan fingerprint density at radius 3 is 2.44 bits per heavy atom. The summed E-state index contributed by atoms with van der Waals surface area (Å²) in [7, 11) is 0. The van der Waals surface area contributed by atoms with E-state index in [2.05, 4.69) is 0 Å². The van der Waals surface area contributed by atoms with Crippen molar-refractivity contribution in [2.75, 3.05) is 6.54 Å². The summed E-state index contributed by atoms with van der Waals surface area (Å²) in [5.74, 6) is -1.05. The van der Waals surface area contributed by atoms with Crippen LogP contribution in [-0.4, -0.2) is 28.4 Å². The summed E-state index contributed by atoms with van der Waals surface area (Å²) in [4.78, 5) is 24.1. The Hall–Kier alpha value is -1.81. The van der Waals surface area contributed by atoms with Gasteiger partial charge in [0.05, 0.1) is 6.54 Å². The second-order valence-corrected chi connectivity index (χ2v) is 3.81. The second kappa shape index (κ2) is 3.98. The van der Waals surface area contributed by atoms with E-state index >= 15 is 0 Å². The molecule has 0 aliphatic carbocycles. The van der Waals surface area contributed by atoms with Crippen LogP contribution in [-0.2, 0) is 4.79 Å². The zero-order chi connectivity index (χ0) is 11.7. The van der Waals surface area contributed by atoms with Crippen LogP contribution in [0.5, 0.6) is 0 Å². The van der Waals surface area contributed by atoms with E-state index in [1.54, 1.807) is 12.1 Å². The normalized spacial score (nSPS) is 15.2. The lowest BCUT2D eigenvalue weighted by Gasteiger charge is -2.13. The van der Waals surface area contributed by atoms with Crippen LogP contribution in [0.1, 0.15) is 10.4 Å². The number of halogens is 1. The molecular weight excluding hydrogens is 230 g/mol. The topological polar surface area (TPSA) is 57.6 Å². The van der Waals surface area contributed by atoms with Gasteiger partial charge in [-0.2, -0.15) is 0 Å². The number of carbonyl (C=O) groups excluding carboxylic acids is 2. The number of nitrogens with zero attached hydrogens (tertiary/aromatic N) is 1. The zero-order valence-corrected chi connectivity index (χ0v) is 8.94. The lowest BCUT2D eigenvalue weighted by Crippen LogP contribution is -2.32. The quantitative estimate of drug-likeness (QED) is 0.758. The Balaban J connectivity index is 2.21. The summed E-state index contributed by atoms with van der Waals surface area (Å²) in [5.41, 5.74) is 0.362. The highest BCUT2D eigenvalue weighted by molar-refractivity contribution is 6.30. The standard InChI is InChI=1S/C11H8ClNO3/c12-8-3-1-7(2-4-8)11(16)13-6-9(14)5-10(13)15/h1-5,14H,6H2. The lowest BCUT2D eigenvalue weighted by molar-refractivity contribution is -0.122. The molecule has 0 fully saturated rings. The molecule has 0 bridgehead atoms. The molecule has 0 unspecified atom stereocenters. The molecule has 1 heterocycles. The van der Waals surface area contributed by atoms with Crippen molar-refractivity contribution in [1.82, 2.24) is 4.90 Å². The summed E-state index contributed by atoms with van der Waals surface area (Å²) in [5, 5.41) is 9.65. The van der Waals surface area contributed by atoms with Crippen molar-refractivity contribution in [2.24, 2.45) is 0 Å². The molecule has 4 nitrogen and oxygen atoms in total. The largest absolute Gasteiger partial charge is 0.510 e. The fraction of sp³-hybridized carbons (Fsp3) is 0.0909. The maximum atomic E-state index is 11.8. The number of benzene rings is 1. The predicted molar refractivity (Wildman–Crippen MR) is 58.2 cm³/mol. The fourth-order valence-electron chi connectivity index (χ4n) is 1.43. The predicted octanol–water partition coefficient (Wildman–Crippen LogP) is 1.76. The summed E-state index contributed by atoms with van der Waals surface area (Å²) in [6, 6.07) is 6.21. The van der Waals surface area contributed by atoms with E-state index in [0.717, 1.165) is 11.0 Å². The minimum absolute atomic E-state index is 0.0692. The van der Waals surface area contributed by atoms with Gasteiger partial charge in [-0.25, -0.2) is 0 Å². The Labute approximate surface area is 96.7 Å². The molecule has 16 heavy (non-hydrogen) atoms. The van der Waals surface area contributed by atoms with Crippen molar-refractivity contribution in [1.29, 1.82) is 0 Å². The van der Waals surface area contributed by atoms with E-state index in [4.69, 9.17) is 16.7 Å². The van der Waals surface area contributed by atoms with Crippen molar-refractivity contribution in [2.45, 2.75) is 0 Å². The third-order valence-corrected chi connectivity index (χ3v) is 2.46. The van der Waals surface area contributed by atoms with Crippen LogP contribution in [0.2, 0.25) is 5.02 Å². The first-order valence-electron chi connectivity index (χ1n) is 4.59. The van der Waals surface area contributed by atoms with Crippen LogP contribution in [0, 0.1) is 0 Å². The van der Waals surface area contributed by atoms with E-state index in [1.807, 2.05) is 0 Å². The van der Waals surface area contributed by atoms with Gasteiger partial charge in [-0.3, -0.25) is 14.5 Å². The molecule has 0 saturated carbocycles. The maximum absolute atomic E-state index is 11.8. The van der Waals surface area contributed by atoms with Gasteiger partial charge in [-0.15, -0.1) is 0 Å². The smallest absolute Gasteiger partial charge is 0.261 e. The molecule has 1 aliphatic heterocycles. The van der Waals surface area contributed by atoms with E-state index in [9.17, 15) is 9.59 Å². The number of aliphatic hydroxyl groups excluding tert-OH is 1. The number of hydrogen-bond donors (Lipinski definition) is 1. The van der Waals surface area contributed by atoms with E-state index in [1.165, 1.54) is 12.1 Å². The van der Waals surface area contributed by atoms with Crippen LogP contribution in [0.4, 0.5) is 0 Å². The molecule has 1 aliphatic rings. The Morgan fingerprint density at radius 1 is 1.31 bits per heavy atom. The molecule has 1 aromatic carbocycles. The number of rotatable bonds is 1. The molecule has 1 N–H and O–H groups in total. The van der Waals surface area contributed by atoms with Gasteiger partial charge in [0.1, 0.15) is 5.76 Å². The first-order chi connectivity index (χ1) is 7.58. The highest BCUT2D eigenvalue weighted by atomic mass is 35.5. The van der Waals surface area contributed by atoms with Crippen molar-refractivity contribution in [3.63, 3.8) is 0 Å². The van der Waals surface area contributed by atoms with Crippen LogP contribution in [0.3, 0.4) is 0 Å². The average molecular weight is 238 g/mol. The molecular formula is C11H8ClNO3. The van der Waals surface area contributed by atoms with Gasteiger partial charge in [0.15, 0.2) is 0 Å². The molecule has 0 saturated heterocycles. The lowest BCUT2D eigenvalue weighted by atomic mass is 10.2. The molecule has 82 valence electrons. The van der Waals surface area contributed by atoms with Gasteiger partial charge in [-0.05, 0) is 24.3 Å². The third-order valence-electron chi connectivity index (χ3n) is 2.21. The van der Waals surface area contributed by atoms with Crippen LogP contribution in [0.25, 0.3) is 0 Å². The molecule has 5 heteroatoms. The highest BCUT2D eigenvalue weighted by Gasteiger charge is 2.27. The van der Waals surface area contributed by atoms with E-state index < -0.39 is 11.8 Å². The van der Waals surface area contributed by atoms with Crippen LogP contribution < -0.4 is 0 Å². The minimum atomic E-state index is -0.502. The third kappa shape index (κ3) is 1.92. The summed E-state index contributed by atoms with van der Waals surface area (Å²) in [6.45, 7) is -0.0692. The first-order valence-corrected chi connectivity index (χ1v) is 4.96. The van der Waals surface area contributed by atoms with Crippen molar-refractivity contribution in [3.05, 3.63) is 46.7 Å². The van der Waals surface area contributed by atoms with Gasteiger partial charge < -0.3 is 5.11 Å². The van der Waals surface area contributed by atoms with Crippen LogP contribution >= 0.6 is 11.6 Å². The number of carbonyl (C=O) groups is 2. The maximum Gasteiger partial charge on any atom is 0.261 e. The van der Waals surface area contributed by atoms with Gasteiger partial charge in [0, 0.05) is 16.7 Å². The highest BCUT2D eigenvalue weighted by Crippen LogP contribution is 2.15. The molecule has 0 spiro atoms. The molecule has 2 rings (SSSR count). The number of imide groups is 1. The minimum Gasteiger partial charge on any atom is -0.510 e. The molecule has 1 aromatic rings. The molecule has 2 amide bonds. The van der Waals surface area contributed by atoms with E-state index in [-0.39, 0.29) is 12.3 Å². The Kier molecular flexibility index (Phi) is 2.66. The SMILES string of the molecule is O=C1C=C(O)CN1C(=O)c1ccc(Cl)cc1. The number of amides is 2. The average Bonchev–Trinajstić information content (AvgIpc) is 2.58. The van der Waals surface area contributed by atoms with Crippen molar-refractivity contribution < 1.29 is 14.7 Å². The summed E-state index contributed by atoms with van der Waals surface area (Å²) < 4.78 is 0. The van der Waals surface area contributed by atoms with Gasteiger partial charge in [-0.1, -0.05) is 11.6 Å². The summed E-state index contributed by atoms with van der Waals surface area (Å²) >= 11 is 5.69.